The highest BCUT2D eigenvalue weighted by Crippen LogP contribution is 2.38. The molecule has 1 saturated carbocycles. The Labute approximate surface area is 101 Å². The molecule has 0 amide bonds. The van der Waals surface area contributed by atoms with Crippen molar-refractivity contribution in [2.45, 2.75) is 25.7 Å². The van der Waals surface area contributed by atoms with Crippen LogP contribution in [0.1, 0.15) is 30.3 Å². The normalized spacial score (nSPS) is 21.2. The highest BCUT2D eigenvalue weighted by atomic mass is 32.2. The van der Waals surface area contributed by atoms with Gasteiger partial charge in [0.2, 0.25) is 0 Å². The van der Waals surface area contributed by atoms with Gasteiger partial charge in [-0.3, -0.25) is 0 Å². The largest absolute Gasteiger partial charge is 0.355 e. The summed E-state index contributed by atoms with van der Waals surface area (Å²) in [6.45, 7) is 4.34. The van der Waals surface area contributed by atoms with Gasteiger partial charge in [0, 0.05) is 42.3 Å². The highest BCUT2D eigenvalue weighted by Gasteiger charge is 2.27. The Morgan fingerprint density at radius 3 is 2.69 bits per heavy atom. The van der Waals surface area contributed by atoms with E-state index in [9.17, 15) is 0 Å². The minimum Gasteiger partial charge on any atom is -0.355 e. The summed E-state index contributed by atoms with van der Waals surface area (Å²) in [5.74, 6) is 5.32. The maximum Gasteiger partial charge on any atom is 0.134 e. The van der Waals surface area contributed by atoms with Crippen molar-refractivity contribution in [3.05, 3.63) is 17.6 Å². The van der Waals surface area contributed by atoms with E-state index in [2.05, 4.69) is 22.9 Å². The number of hydrogen-bond donors (Lipinski definition) is 0. The zero-order valence-corrected chi connectivity index (χ0v) is 10.5. The molecule has 0 spiro atoms. The van der Waals surface area contributed by atoms with E-state index in [0.29, 0.717) is 5.92 Å². The van der Waals surface area contributed by atoms with Gasteiger partial charge in [-0.25, -0.2) is 9.97 Å². The molecule has 1 aliphatic heterocycles. The number of aromatic nitrogens is 2. The second kappa shape index (κ2) is 4.24. The van der Waals surface area contributed by atoms with Crippen molar-refractivity contribution in [3.63, 3.8) is 0 Å². The summed E-state index contributed by atoms with van der Waals surface area (Å²) in [6.07, 6.45) is 2.55. The number of thioether (sulfide) groups is 1. The van der Waals surface area contributed by atoms with Gasteiger partial charge in [0.15, 0.2) is 0 Å². The molecule has 0 atom stereocenters. The molecule has 2 aliphatic rings. The van der Waals surface area contributed by atoms with Crippen LogP contribution < -0.4 is 4.90 Å². The van der Waals surface area contributed by atoms with E-state index in [4.69, 9.17) is 4.98 Å². The SMILES string of the molecule is Cc1cc(N2CCSCC2)nc(C2CC2)n1. The molecule has 0 radical (unpaired) electrons. The molecular formula is C12H17N3S. The Balaban J connectivity index is 1.86. The molecule has 3 nitrogen and oxygen atoms in total. The Morgan fingerprint density at radius 2 is 2.00 bits per heavy atom. The molecule has 86 valence electrons. The number of aryl methyl sites for hydroxylation is 1. The lowest BCUT2D eigenvalue weighted by Crippen LogP contribution is -2.33. The van der Waals surface area contributed by atoms with E-state index in [1.165, 1.54) is 24.3 Å². The average molecular weight is 235 g/mol. The van der Waals surface area contributed by atoms with E-state index in [0.717, 1.165) is 30.4 Å². The minimum absolute atomic E-state index is 0.651. The van der Waals surface area contributed by atoms with Crippen molar-refractivity contribution in [2.75, 3.05) is 29.5 Å². The standard InChI is InChI=1S/C12H17N3S/c1-9-8-11(15-4-6-16-7-5-15)14-12(13-9)10-2-3-10/h8,10H,2-7H2,1H3. The number of rotatable bonds is 2. The van der Waals surface area contributed by atoms with E-state index in [1.807, 2.05) is 11.8 Å². The van der Waals surface area contributed by atoms with Crippen LogP contribution in [0.3, 0.4) is 0 Å². The summed E-state index contributed by atoms with van der Waals surface area (Å²) in [7, 11) is 0. The molecule has 1 aromatic rings. The monoisotopic (exact) mass is 235 g/mol. The van der Waals surface area contributed by atoms with E-state index < -0.39 is 0 Å². The molecule has 1 aliphatic carbocycles. The van der Waals surface area contributed by atoms with Gasteiger partial charge in [0.25, 0.3) is 0 Å². The summed E-state index contributed by atoms with van der Waals surface area (Å²) < 4.78 is 0. The fourth-order valence-corrected chi connectivity index (χ4v) is 2.96. The minimum atomic E-state index is 0.651. The molecule has 0 aromatic carbocycles. The molecular weight excluding hydrogens is 218 g/mol. The third-order valence-corrected chi connectivity index (χ3v) is 4.08. The van der Waals surface area contributed by atoms with Crippen molar-refractivity contribution in [3.8, 4) is 0 Å². The average Bonchev–Trinajstić information content (AvgIpc) is 3.13. The summed E-state index contributed by atoms with van der Waals surface area (Å²) in [4.78, 5) is 11.7. The Morgan fingerprint density at radius 1 is 1.25 bits per heavy atom. The molecule has 2 heterocycles. The third-order valence-electron chi connectivity index (χ3n) is 3.14. The first-order chi connectivity index (χ1) is 7.83. The van der Waals surface area contributed by atoms with Crippen LogP contribution >= 0.6 is 11.8 Å². The lowest BCUT2D eigenvalue weighted by atomic mass is 10.3. The van der Waals surface area contributed by atoms with Gasteiger partial charge in [-0.1, -0.05) is 0 Å². The maximum atomic E-state index is 4.72. The van der Waals surface area contributed by atoms with E-state index >= 15 is 0 Å². The van der Waals surface area contributed by atoms with Crippen LogP contribution in [0.4, 0.5) is 5.82 Å². The van der Waals surface area contributed by atoms with Crippen molar-refractivity contribution in [1.82, 2.24) is 9.97 Å². The summed E-state index contributed by atoms with van der Waals surface area (Å²) in [5, 5.41) is 0. The van der Waals surface area contributed by atoms with Crippen LogP contribution in [0, 0.1) is 6.92 Å². The van der Waals surface area contributed by atoms with Gasteiger partial charge >= 0.3 is 0 Å². The van der Waals surface area contributed by atoms with Gasteiger partial charge in [0.1, 0.15) is 11.6 Å². The van der Waals surface area contributed by atoms with Crippen molar-refractivity contribution >= 4 is 17.6 Å². The summed E-state index contributed by atoms with van der Waals surface area (Å²) in [6, 6.07) is 2.13. The van der Waals surface area contributed by atoms with Gasteiger partial charge in [-0.15, -0.1) is 0 Å². The molecule has 0 bridgehead atoms. The Bertz CT molecular complexity index is 384. The van der Waals surface area contributed by atoms with Gasteiger partial charge in [0.05, 0.1) is 0 Å². The topological polar surface area (TPSA) is 29.0 Å². The molecule has 1 aromatic heterocycles. The maximum absolute atomic E-state index is 4.72. The van der Waals surface area contributed by atoms with Gasteiger partial charge in [-0.05, 0) is 19.8 Å². The zero-order chi connectivity index (χ0) is 11.0. The second-order valence-electron chi connectivity index (χ2n) is 4.60. The van der Waals surface area contributed by atoms with Gasteiger partial charge in [-0.2, -0.15) is 11.8 Å². The first kappa shape index (κ1) is 10.4. The fraction of sp³-hybridized carbons (Fsp3) is 0.667. The van der Waals surface area contributed by atoms with Crippen molar-refractivity contribution in [1.29, 1.82) is 0 Å². The first-order valence-electron chi connectivity index (χ1n) is 6.01. The van der Waals surface area contributed by atoms with Crippen LogP contribution in [0.25, 0.3) is 0 Å². The smallest absolute Gasteiger partial charge is 0.134 e. The van der Waals surface area contributed by atoms with E-state index in [-0.39, 0.29) is 0 Å². The molecule has 16 heavy (non-hydrogen) atoms. The third kappa shape index (κ3) is 2.17. The molecule has 0 N–H and O–H groups in total. The van der Waals surface area contributed by atoms with Crippen LogP contribution in [0.5, 0.6) is 0 Å². The lowest BCUT2D eigenvalue weighted by Gasteiger charge is -2.27. The summed E-state index contributed by atoms with van der Waals surface area (Å²) in [5.41, 5.74) is 1.12. The first-order valence-corrected chi connectivity index (χ1v) is 7.17. The molecule has 0 unspecified atom stereocenters. The lowest BCUT2D eigenvalue weighted by molar-refractivity contribution is 0.809. The fourth-order valence-electron chi connectivity index (χ4n) is 2.05. The Hall–Kier alpha value is -0.770. The molecule has 1 saturated heterocycles. The second-order valence-corrected chi connectivity index (χ2v) is 5.82. The van der Waals surface area contributed by atoms with Crippen LogP contribution in [0.2, 0.25) is 0 Å². The predicted molar refractivity (Wildman–Crippen MR) is 68.3 cm³/mol. The highest BCUT2D eigenvalue weighted by molar-refractivity contribution is 7.99. The number of hydrogen-bond acceptors (Lipinski definition) is 4. The van der Waals surface area contributed by atoms with Crippen molar-refractivity contribution in [2.24, 2.45) is 0 Å². The Kier molecular flexibility index (Phi) is 2.75. The molecule has 2 fully saturated rings. The van der Waals surface area contributed by atoms with Crippen LogP contribution in [-0.4, -0.2) is 34.6 Å². The number of nitrogens with zero attached hydrogens (tertiary/aromatic N) is 3. The zero-order valence-electron chi connectivity index (χ0n) is 9.65. The van der Waals surface area contributed by atoms with Crippen molar-refractivity contribution < 1.29 is 0 Å². The predicted octanol–water partition coefficient (Wildman–Crippen LogP) is 2.22. The quantitative estimate of drug-likeness (QED) is 0.786. The van der Waals surface area contributed by atoms with E-state index in [1.54, 1.807) is 0 Å². The molecule has 4 heteroatoms. The van der Waals surface area contributed by atoms with Crippen LogP contribution in [-0.2, 0) is 0 Å². The van der Waals surface area contributed by atoms with Gasteiger partial charge < -0.3 is 4.90 Å². The summed E-state index contributed by atoms with van der Waals surface area (Å²) >= 11 is 2.04. The number of anilines is 1. The van der Waals surface area contributed by atoms with Crippen LogP contribution in [0.15, 0.2) is 6.07 Å². The molecule has 3 rings (SSSR count).